The molecule has 1 unspecified atom stereocenters. The number of nitrogens with one attached hydrogen (secondary N) is 2. The molecular weight excluding hydrogens is 378 g/mol. The lowest BCUT2D eigenvalue weighted by Gasteiger charge is -2.32. The van der Waals surface area contributed by atoms with Crippen LogP contribution in [-0.2, 0) is 14.8 Å². The Morgan fingerprint density at radius 2 is 1.96 bits per heavy atom. The molecule has 1 aliphatic heterocycles. The highest BCUT2D eigenvalue weighted by Gasteiger charge is 2.32. The predicted molar refractivity (Wildman–Crippen MR) is 105 cm³/mol. The quantitative estimate of drug-likeness (QED) is 0.684. The summed E-state index contributed by atoms with van der Waals surface area (Å²) in [6, 6.07) is 15.8. The van der Waals surface area contributed by atoms with E-state index in [0.29, 0.717) is 30.5 Å². The Kier molecular flexibility index (Phi) is 5.12. The highest BCUT2D eigenvalue weighted by Crippen LogP contribution is 2.26. The zero-order chi connectivity index (χ0) is 19.6. The largest absolute Gasteiger partial charge is 0.369 e. The van der Waals surface area contributed by atoms with E-state index in [1.807, 2.05) is 31.2 Å². The van der Waals surface area contributed by atoms with Crippen molar-refractivity contribution in [3.63, 3.8) is 0 Å². The smallest absolute Gasteiger partial charge is 0.243 e. The Bertz CT molecular complexity index is 1050. The van der Waals surface area contributed by atoms with E-state index in [0.717, 1.165) is 5.69 Å². The van der Waals surface area contributed by atoms with Gasteiger partial charge in [0.15, 0.2) is 5.82 Å². The molecule has 2 aromatic heterocycles. The normalized spacial score (nSPS) is 18.1. The molecule has 2 N–H and O–H groups in total. The third kappa shape index (κ3) is 3.91. The lowest BCUT2D eigenvalue weighted by atomic mass is 10.2. The summed E-state index contributed by atoms with van der Waals surface area (Å²) in [5, 5.41) is 10.1. The van der Waals surface area contributed by atoms with Crippen LogP contribution in [0.1, 0.15) is 17.5 Å². The second kappa shape index (κ2) is 7.70. The zero-order valence-electron chi connectivity index (χ0n) is 15.4. The number of rotatable bonds is 5. The van der Waals surface area contributed by atoms with Crippen molar-refractivity contribution in [1.29, 1.82) is 0 Å². The lowest BCUT2D eigenvalue weighted by molar-refractivity contribution is -0.00486. The molecule has 0 bridgehead atoms. The molecule has 8 nitrogen and oxygen atoms in total. The summed E-state index contributed by atoms with van der Waals surface area (Å²) in [7, 11) is -3.56. The molecule has 0 spiro atoms. The minimum atomic E-state index is -3.56. The van der Waals surface area contributed by atoms with Gasteiger partial charge in [0.25, 0.3) is 0 Å². The van der Waals surface area contributed by atoms with Crippen molar-refractivity contribution >= 4 is 21.7 Å². The molecule has 1 aromatic carbocycles. The Labute approximate surface area is 163 Å². The third-order valence-corrected chi connectivity index (χ3v) is 6.35. The first-order valence-corrected chi connectivity index (χ1v) is 10.4. The second-order valence-electron chi connectivity index (χ2n) is 6.54. The van der Waals surface area contributed by atoms with Gasteiger partial charge < -0.3 is 10.1 Å². The van der Waals surface area contributed by atoms with Gasteiger partial charge in [0, 0.05) is 24.8 Å². The number of ether oxygens (including phenoxy) is 1. The van der Waals surface area contributed by atoms with E-state index in [1.54, 1.807) is 30.3 Å². The Morgan fingerprint density at radius 1 is 1.14 bits per heavy atom. The number of morpholine rings is 1. The topological polar surface area (TPSA) is 100 Å². The Balaban J connectivity index is 1.52. The number of anilines is 2. The van der Waals surface area contributed by atoms with Crippen molar-refractivity contribution in [2.45, 2.75) is 17.9 Å². The molecule has 9 heteroatoms. The molecule has 0 aliphatic carbocycles. The summed E-state index contributed by atoms with van der Waals surface area (Å²) >= 11 is 0. The van der Waals surface area contributed by atoms with Crippen molar-refractivity contribution < 1.29 is 13.2 Å². The van der Waals surface area contributed by atoms with Crippen LogP contribution >= 0.6 is 0 Å². The van der Waals surface area contributed by atoms with Gasteiger partial charge in [-0.15, -0.1) is 0 Å². The van der Waals surface area contributed by atoms with Gasteiger partial charge >= 0.3 is 0 Å². The van der Waals surface area contributed by atoms with E-state index < -0.39 is 16.1 Å². The van der Waals surface area contributed by atoms with Gasteiger partial charge in [-0.1, -0.05) is 24.3 Å². The molecule has 28 heavy (non-hydrogen) atoms. The SMILES string of the molecule is Cc1cc(Nc2cccc(C3CN(S(=O)(=O)c4ccccc4)CCO3)n2)n[nH]1. The molecule has 0 radical (unpaired) electrons. The first-order valence-electron chi connectivity index (χ1n) is 8.95. The number of nitrogens with zero attached hydrogens (tertiary/aromatic N) is 3. The highest BCUT2D eigenvalue weighted by atomic mass is 32.2. The summed E-state index contributed by atoms with van der Waals surface area (Å²) in [5.74, 6) is 1.29. The van der Waals surface area contributed by atoms with Crippen LogP contribution in [-0.4, -0.2) is 47.6 Å². The van der Waals surface area contributed by atoms with Crippen LogP contribution in [0, 0.1) is 6.92 Å². The molecule has 1 fully saturated rings. The van der Waals surface area contributed by atoms with E-state index in [-0.39, 0.29) is 11.4 Å². The van der Waals surface area contributed by atoms with E-state index in [1.165, 1.54) is 4.31 Å². The monoisotopic (exact) mass is 399 g/mol. The fraction of sp³-hybridized carbons (Fsp3) is 0.263. The maximum atomic E-state index is 12.9. The van der Waals surface area contributed by atoms with Crippen LogP contribution in [0.15, 0.2) is 59.5 Å². The van der Waals surface area contributed by atoms with Gasteiger partial charge in [-0.3, -0.25) is 5.10 Å². The van der Waals surface area contributed by atoms with Crippen molar-refractivity contribution in [2.24, 2.45) is 0 Å². The maximum absolute atomic E-state index is 12.9. The van der Waals surface area contributed by atoms with Gasteiger partial charge in [0.05, 0.1) is 17.2 Å². The average Bonchev–Trinajstić information content (AvgIpc) is 3.13. The standard InChI is InChI=1S/C19H21N5O3S/c1-14-12-19(23-22-14)21-18-9-5-8-16(20-18)17-13-24(10-11-27-17)28(25,26)15-6-3-2-4-7-15/h2-9,12,17H,10-11,13H2,1H3,(H2,20,21,22,23). The highest BCUT2D eigenvalue weighted by molar-refractivity contribution is 7.89. The summed E-state index contributed by atoms with van der Waals surface area (Å²) in [4.78, 5) is 4.86. The summed E-state index contributed by atoms with van der Waals surface area (Å²) in [5.41, 5.74) is 1.61. The summed E-state index contributed by atoms with van der Waals surface area (Å²) in [6.07, 6.45) is -0.435. The van der Waals surface area contributed by atoms with Crippen LogP contribution in [0.5, 0.6) is 0 Å². The maximum Gasteiger partial charge on any atom is 0.243 e. The number of pyridine rings is 1. The zero-order valence-corrected chi connectivity index (χ0v) is 16.2. The number of aryl methyl sites for hydroxylation is 1. The third-order valence-electron chi connectivity index (χ3n) is 4.47. The molecule has 1 atom stereocenters. The Hall–Kier alpha value is -2.75. The number of H-pyrrole nitrogens is 1. The van der Waals surface area contributed by atoms with Gasteiger partial charge in [-0.05, 0) is 31.2 Å². The summed E-state index contributed by atoms with van der Waals surface area (Å²) in [6.45, 7) is 2.77. The van der Waals surface area contributed by atoms with Gasteiger partial charge in [-0.25, -0.2) is 13.4 Å². The second-order valence-corrected chi connectivity index (χ2v) is 8.48. The minimum absolute atomic E-state index is 0.217. The number of hydrogen-bond donors (Lipinski definition) is 2. The summed E-state index contributed by atoms with van der Waals surface area (Å²) < 4.78 is 33.1. The Morgan fingerprint density at radius 3 is 2.71 bits per heavy atom. The first-order chi connectivity index (χ1) is 13.5. The van der Waals surface area contributed by atoms with Gasteiger partial charge in [0.2, 0.25) is 10.0 Å². The van der Waals surface area contributed by atoms with Crippen molar-refractivity contribution in [2.75, 3.05) is 25.0 Å². The molecule has 1 aliphatic rings. The van der Waals surface area contributed by atoms with E-state index in [2.05, 4.69) is 20.5 Å². The molecule has 0 saturated carbocycles. The predicted octanol–water partition coefficient (Wildman–Crippen LogP) is 2.62. The molecular formula is C19H21N5O3S. The van der Waals surface area contributed by atoms with Crippen LogP contribution < -0.4 is 5.32 Å². The fourth-order valence-electron chi connectivity index (χ4n) is 3.08. The van der Waals surface area contributed by atoms with Crippen LogP contribution in [0.2, 0.25) is 0 Å². The van der Waals surface area contributed by atoms with Crippen molar-refractivity contribution in [3.8, 4) is 0 Å². The molecule has 4 rings (SSSR count). The number of hydrogen-bond acceptors (Lipinski definition) is 6. The average molecular weight is 399 g/mol. The lowest BCUT2D eigenvalue weighted by Crippen LogP contribution is -2.42. The number of aromatic nitrogens is 3. The number of sulfonamides is 1. The van der Waals surface area contributed by atoms with Gasteiger partial charge in [-0.2, -0.15) is 9.40 Å². The fourth-order valence-corrected chi connectivity index (χ4v) is 4.52. The number of benzene rings is 1. The van der Waals surface area contributed by atoms with Crippen molar-refractivity contribution in [1.82, 2.24) is 19.5 Å². The minimum Gasteiger partial charge on any atom is -0.369 e. The molecule has 0 amide bonds. The molecule has 146 valence electrons. The molecule has 3 heterocycles. The van der Waals surface area contributed by atoms with Crippen molar-refractivity contribution in [3.05, 3.63) is 66.0 Å². The first kappa shape index (κ1) is 18.6. The van der Waals surface area contributed by atoms with E-state index >= 15 is 0 Å². The van der Waals surface area contributed by atoms with Crippen LogP contribution in [0.4, 0.5) is 11.6 Å². The molecule has 3 aromatic rings. The molecule has 1 saturated heterocycles. The van der Waals surface area contributed by atoms with Crippen LogP contribution in [0.3, 0.4) is 0 Å². The van der Waals surface area contributed by atoms with E-state index in [9.17, 15) is 8.42 Å². The van der Waals surface area contributed by atoms with E-state index in [4.69, 9.17) is 4.74 Å². The van der Waals surface area contributed by atoms with Crippen LogP contribution in [0.25, 0.3) is 0 Å². The number of aromatic amines is 1. The van der Waals surface area contributed by atoms with Gasteiger partial charge in [0.1, 0.15) is 11.9 Å².